The van der Waals surface area contributed by atoms with E-state index in [-0.39, 0.29) is 8.41 Å². The van der Waals surface area contributed by atoms with Crippen molar-refractivity contribution in [1.82, 2.24) is 0 Å². The normalized spacial score (nSPS) is 7.56. The number of benzene rings is 1. The van der Waals surface area contributed by atoms with Gasteiger partial charge in [-0.25, -0.2) is 0 Å². The van der Waals surface area contributed by atoms with E-state index in [0.29, 0.717) is 0 Å². The van der Waals surface area contributed by atoms with Crippen molar-refractivity contribution in [2.24, 2.45) is 0 Å². The molecule has 0 saturated heterocycles. The van der Waals surface area contributed by atoms with Crippen LogP contribution in [0.4, 0.5) is 0 Å². The zero-order valence-corrected chi connectivity index (χ0v) is 4.67. The van der Waals surface area contributed by atoms with Crippen LogP contribution in [0.3, 0.4) is 0 Å². The van der Waals surface area contributed by atoms with Crippen LogP contribution < -0.4 is 0 Å². The van der Waals surface area contributed by atoms with Crippen LogP contribution in [0.5, 0.6) is 0 Å². The maximum atomic E-state index is 3.63. The third kappa shape index (κ3) is 2.18. The Labute approximate surface area is 57.8 Å². The van der Waals surface area contributed by atoms with E-state index < -0.39 is 0 Å². The Balaban J connectivity index is 0.000000640. The highest BCUT2D eigenvalue weighted by Gasteiger charge is 1.75. The second kappa shape index (κ2) is 3.96. The van der Waals surface area contributed by atoms with Crippen molar-refractivity contribution in [1.29, 1.82) is 0 Å². The summed E-state index contributed by atoms with van der Waals surface area (Å²) in [5.74, 6) is 0. The van der Waals surface area contributed by atoms with Gasteiger partial charge in [0.15, 0.2) is 0 Å². The Morgan fingerprint density at radius 3 is 2.00 bits per heavy atom. The van der Waals surface area contributed by atoms with Gasteiger partial charge >= 0.3 is 0 Å². The van der Waals surface area contributed by atoms with E-state index in [1.165, 1.54) is 5.56 Å². The Hall–Kier alpha value is -0.975. The fourth-order valence-corrected chi connectivity index (χ4v) is 0.589. The third-order valence-electron chi connectivity index (χ3n) is 1.04. The fraction of sp³-hybridized carbons (Fsp3) is 0. The van der Waals surface area contributed by atoms with Crippen molar-refractivity contribution in [3.63, 3.8) is 0 Å². The average molecular weight is 118 g/mol. The molecule has 1 heteroatoms. The highest BCUT2D eigenvalue weighted by molar-refractivity contribution is 5.75. The molecule has 1 aromatic carbocycles. The van der Waals surface area contributed by atoms with E-state index in [2.05, 4.69) is 6.58 Å². The van der Waals surface area contributed by atoms with E-state index in [1.54, 1.807) is 0 Å². The summed E-state index contributed by atoms with van der Waals surface area (Å²) in [5.41, 5.74) is 1.17. The Morgan fingerprint density at radius 2 is 1.67 bits per heavy atom. The summed E-state index contributed by atoms with van der Waals surface area (Å²) in [7, 11) is 0. The maximum Gasteiger partial charge on any atom is 0.0814 e. The summed E-state index contributed by atoms with van der Waals surface area (Å²) in [6.45, 7) is 3.63. The molecule has 0 nitrogen and oxygen atoms in total. The van der Waals surface area contributed by atoms with Crippen molar-refractivity contribution in [2.45, 2.75) is 0 Å². The number of rotatable bonds is 1. The van der Waals surface area contributed by atoms with Gasteiger partial charge in [0.25, 0.3) is 0 Å². The lowest BCUT2D eigenvalue weighted by molar-refractivity contribution is 1.67. The molecule has 0 spiro atoms. The number of hydrogen-bond donors (Lipinski definition) is 0. The van der Waals surface area contributed by atoms with E-state index in [0.717, 1.165) is 0 Å². The molecule has 1 rings (SSSR count). The Morgan fingerprint density at radius 1 is 1.11 bits per heavy atom. The quantitative estimate of drug-likeness (QED) is 0.485. The van der Waals surface area contributed by atoms with Crippen LogP contribution in [-0.4, -0.2) is 8.41 Å². The summed E-state index contributed by atoms with van der Waals surface area (Å²) < 4.78 is 0. The first-order valence-electron chi connectivity index (χ1n) is 2.61. The molecule has 0 unspecified atom stereocenters. The van der Waals surface area contributed by atoms with Crippen LogP contribution in [0.15, 0.2) is 36.9 Å². The van der Waals surface area contributed by atoms with Gasteiger partial charge in [0.2, 0.25) is 0 Å². The third-order valence-corrected chi connectivity index (χ3v) is 1.04. The van der Waals surface area contributed by atoms with Crippen molar-refractivity contribution in [3.05, 3.63) is 42.5 Å². The first-order chi connectivity index (χ1) is 3.93. The first kappa shape index (κ1) is 8.02. The first-order valence-corrected chi connectivity index (χ1v) is 2.61. The second-order valence-corrected chi connectivity index (χ2v) is 1.61. The molecule has 0 aromatic heterocycles. The summed E-state index contributed by atoms with van der Waals surface area (Å²) in [6, 6.07) is 10.0. The van der Waals surface area contributed by atoms with Crippen molar-refractivity contribution < 1.29 is 0 Å². The van der Waals surface area contributed by atoms with E-state index in [1.807, 2.05) is 36.4 Å². The van der Waals surface area contributed by atoms with Gasteiger partial charge < -0.3 is 0 Å². The molecule has 0 fully saturated rings. The zero-order valence-electron chi connectivity index (χ0n) is 4.67. The summed E-state index contributed by atoms with van der Waals surface area (Å²) in [6.07, 6.45) is 1.83. The van der Waals surface area contributed by atoms with Gasteiger partial charge in [-0.1, -0.05) is 43.0 Å². The maximum absolute atomic E-state index is 3.63. The van der Waals surface area contributed by atoms with Crippen molar-refractivity contribution in [2.75, 3.05) is 0 Å². The molecule has 46 valence electrons. The predicted molar refractivity (Wildman–Crippen MR) is 46.5 cm³/mol. The van der Waals surface area contributed by atoms with Gasteiger partial charge in [0.05, 0.1) is 8.41 Å². The van der Waals surface area contributed by atoms with E-state index in [9.17, 15) is 0 Å². The lowest BCUT2D eigenvalue weighted by atomic mass is 10.2. The summed E-state index contributed by atoms with van der Waals surface area (Å²) >= 11 is 0. The number of hydrogen-bond acceptors (Lipinski definition) is 0. The molecule has 0 aliphatic carbocycles. The van der Waals surface area contributed by atoms with Crippen LogP contribution in [0.2, 0.25) is 0 Å². The SMILES string of the molecule is B.C=Cc1ccccc1. The highest BCUT2D eigenvalue weighted by atomic mass is 13.8. The van der Waals surface area contributed by atoms with Crippen LogP contribution in [0.25, 0.3) is 6.08 Å². The molecule has 0 atom stereocenters. The molecule has 9 heavy (non-hydrogen) atoms. The molecule has 0 amide bonds. The van der Waals surface area contributed by atoms with Gasteiger partial charge in [0, 0.05) is 0 Å². The predicted octanol–water partition coefficient (Wildman–Crippen LogP) is 1.15. The molecule has 0 bridgehead atoms. The molecule has 0 radical (unpaired) electrons. The van der Waals surface area contributed by atoms with Crippen molar-refractivity contribution in [3.8, 4) is 0 Å². The van der Waals surface area contributed by atoms with Gasteiger partial charge in [-0.3, -0.25) is 0 Å². The van der Waals surface area contributed by atoms with Crippen LogP contribution in [0.1, 0.15) is 5.56 Å². The molecule has 1 aromatic rings. The molecular formula is C8H11B. The van der Waals surface area contributed by atoms with Gasteiger partial charge in [-0.15, -0.1) is 0 Å². The van der Waals surface area contributed by atoms with Gasteiger partial charge in [-0.2, -0.15) is 0 Å². The molecule has 0 aliphatic rings. The standard InChI is InChI=1S/C8H8.BH3/c1-2-8-6-4-3-5-7-8;/h2-7H,1H2;1H3. The molecule has 0 heterocycles. The average Bonchev–Trinajstić information content (AvgIpc) is 1.90. The fourth-order valence-electron chi connectivity index (χ4n) is 0.589. The minimum absolute atomic E-state index is 0. The van der Waals surface area contributed by atoms with Crippen LogP contribution >= 0.6 is 0 Å². The highest BCUT2D eigenvalue weighted by Crippen LogP contribution is 1.97. The van der Waals surface area contributed by atoms with Crippen molar-refractivity contribution >= 4 is 14.5 Å². The molecule has 0 saturated carbocycles. The minimum Gasteiger partial charge on any atom is -0.0985 e. The molecule has 0 N–H and O–H groups in total. The summed E-state index contributed by atoms with van der Waals surface area (Å²) in [4.78, 5) is 0. The second-order valence-electron chi connectivity index (χ2n) is 1.61. The van der Waals surface area contributed by atoms with E-state index in [4.69, 9.17) is 0 Å². The monoisotopic (exact) mass is 118 g/mol. The van der Waals surface area contributed by atoms with Gasteiger partial charge in [0.1, 0.15) is 0 Å². The minimum atomic E-state index is 0. The van der Waals surface area contributed by atoms with Crippen LogP contribution in [0, 0.1) is 0 Å². The molecule has 0 aliphatic heterocycles. The van der Waals surface area contributed by atoms with Crippen LogP contribution in [-0.2, 0) is 0 Å². The Kier molecular flexibility index (Phi) is 3.53. The zero-order chi connectivity index (χ0) is 5.82. The summed E-state index contributed by atoms with van der Waals surface area (Å²) in [5, 5.41) is 0. The Bertz CT molecular complexity index is 167. The lowest BCUT2D eigenvalue weighted by Crippen LogP contribution is -1.63. The molecular weight excluding hydrogens is 107 g/mol. The lowest BCUT2D eigenvalue weighted by Gasteiger charge is -1.85. The largest absolute Gasteiger partial charge is 0.0985 e. The smallest absolute Gasteiger partial charge is 0.0814 e. The topological polar surface area (TPSA) is 0 Å². The van der Waals surface area contributed by atoms with Gasteiger partial charge in [-0.05, 0) is 5.56 Å². The van der Waals surface area contributed by atoms with E-state index >= 15 is 0 Å².